The minimum absolute atomic E-state index is 0. The number of ether oxygens (including phenoxy) is 1. The van der Waals surface area contributed by atoms with Gasteiger partial charge >= 0.3 is 0 Å². The standard InChI is InChI=1S/C28H28ClN3O2S.ClH/c29-23-11-12-25-26(19-23)35-28(30-25)32(14-13-31-15-17-34-18-16-31)27(33)20-24(21-7-3-1-4-8-21)22-9-5-2-6-10-22;/h1-12,19,24H,13-18,20H2;1H. The molecule has 36 heavy (non-hydrogen) atoms. The molecule has 4 aromatic rings. The number of morpholine rings is 1. The predicted molar refractivity (Wildman–Crippen MR) is 151 cm³/mol. The lowest BCUT2D eigenvalue weighted by atomic mass is 9.88. The average Bonchev–Trinajstić information content (AvgIpc) is 3.32. The Morgan fingerprint density at radius 3 is 2.28 bits per heavy atom. The molecule has 0 spiro atoms. The molecule has 0 atom stereocenters. The van der Waals surface area contributed by atoms with Crippen LogP contribution in [-0.4, -0.2) is 55.2 Å². The van der Waals surface area contributed by atoms with E-state index in [0.29, 0.717) is 18.0 Å². The van der Waals surface area contributed by atoms with Crippen LogP contribution in [0.2, 0.25) is 5.02 Å². The summed E-state index contributed by atoms with van der Waals surface area (Å²) >= 11 is 7.74. The summed E-state index contributed by atoms with van der Waals surface area (Å²) in [6.07, 6.45) is 0.369. The molecule has 2 heterocycles. The number of carbonyl (C=O) groups excluding carboxylic acids is 1. The van der Waals surface area contributed by atoms with Gasteiger partial charge in [0, 0.05) is 43.5 Å². The Labute approximate surface area is 227 Å². The van der Waals surface area contributed by atoms with Crippen LogP contribution in [0.4, 0.5) is 5.13 Å². The van der Waals surface area contributed by atoms with Gasteiger partial charge in [0.25, 0.3) is 0 Å². The van der Waals surface area contributed by atoms with Crippen molar-refractivity contribution >= 4 is 56.6 Å². The van der Waals surface area contributed by atoms with E-state index in [1.807, 2.05) is 59.5 Å². The Morgan fingerprint density at radius 1 is 1.00 bits per heavy atom. The summed E-state index contributed by atoms with van der Waals surface area (Å²) in [5, 5.41) is 1.40. The van der Waals surface area contributed by atoms with E-state index in [0.717, 1.165) is 59.3 Å². The molecule has 0 aliphatic carbocycles. The monoisotopic (exact) mass is 541 g/mol. The Morgan fingerprint density at radius 2 is 1.64 bits per heavy atom. The van der Waals surface area contributed by atoms with E-state index in [1.54, 1.807) is 0 Å². The summed E-state index contributed by atoms with van der Waals surface area (Å²) < 4.78 is 6.48. The molecule has 1 aliphatic heterocycles. The fourth-order valence-electron chi connectivity index (χ4n) is 4.48. The molecule has 0 radical (unpaired) electrons. The lowest BCUT2D eigenvalue weighted by Crippen LogP contribution is -2.43. The Bertz CT molecular complexity index is 1220. The molecule has 3 aromatic carbocycles. The van der Waals surface area contributed by atoms with E-state index >= 15 is 0 Å². The van der Waals surface area contributed by atoms with Crippen LogP contribution in [0.25, 0.3) is 10.2 Å². The van der Waals surface area contributed by atoms with Crippen molar-refractivity contribution in [1.82, 2.24) is 9.88 Å². The van der Waals surface area contributed by atoms with Crippen LogP contribution in [0.1, 0.15) is 23.5 Å². The van der Waals surface area contributed by atoms with Gasteiger partial charge in [0.1, 0.15) is 0 Å². The zero-order valence-corrected chi connectivity index (χ0v) is 22.3. The zero-order chi connectivity index (χ0) is 24.0. The van der Waals surface area contributed by atoms with Crippen molar-refractivity contribution in [2.45, 2.75) is 12.3 Å². The van der Waals surface area contributed by atoms with Gasteiger partial charge in [-0.05, 0) is 29.3 Å². The van der Waals surface area contributed by atoms with Crippen LogP contribution in [0.3, 0.4) is 0 Å². The van der Waals surface area contributed by atoms with Crippen molar-refractivity contribution in [3.05, 3.63) is 95.0 Å². The van der Waals surface area contributed by atoms with Crippen molar-refractivity contribution in [1.29, 1.82) is 0 Å². The van der Waals surface area contributed by atoms with E-state index in [4.69, 9.17) is 21.3 Å². The van der Waals surface area contributed by atoms with Crippen molar-refractivity contribution in [3.8, 4) is 0 Å². The molecule has 1 aliphatic rings. The van der Waals surface area contributed by atoms with Gasteiger partial charge in [0.15, 0.2) is 5.13 Å². The van der Waals surface area contributed by atoms with Crippen molar-refractivity contribution in [2.24, 2.45) is 0 Å². The SMILES string of the molecule is Cl.O=C(CC(c1ccccc1)c1ccccc1)N(CCN1CCOCC1)c1nc2ccc(Cl)cc2s1. The lowest BCUT2D eigenvalue weighted by Gasteiger charge is -2.30. The minimum Gasteiger partial charge on any atom is -0.379 e. The first-order valence-corrected chi connectivity index (χ1v) is 13.1. The summed E-state index contributed by atoms with van der Waals surface area (Å²) in [6, 6.07) is 26.2. The Hall–Kier alpha value is -2.48. The molecule has 5 nitrogen and oxygen atoms in total. The van der Waals surface area contributed by atoms with Crippen LogP contribution in [0.15, 0.2) is 78.9 Å². The van der Waals surface area contributed by atoms with Gasteiger partial charge in [-0.1, -0.05) is 83.6 Å². The van der Waals surface area contributed by atoms with Crippen molar-refractivity contribution < 1.29 is 9.53 Å². The fourth-order valence-corrected chi connectivity index (χ4v) is 5.76. The second kappa shape index (κ2) is 12.7. The van der Waals surface area contributed by atoms with E-state index in [2.05, 4.69) is 29.2 Å². The summed E-state index contributed by atoms with van der Waals surface area (Å²) in [7, 11) is 0. The number of fused-ring (bicyclic) bond motifs is 1. The Kier molecular flexibility index (Phi) is 9.35. The maximum absolute atomic E-state index is 13.9. The quantitative estimate of drug-likeness (QED) is 0.264. The highest BCUT2D eigenvalue weighted by molar-refractivity contribution is 7.22. The van der Waals surface area contributed by atoms with Gasteiger partial charge in [-0.3, -0.25) is 14.6 Å². The van der Waals surface area contributed by atoms with Gasteiger partial charge < -0.3 is 4.74 Å². The molecule has 0 saturated carbocycles. The molecule has 0 unspecified atom stereocenters. The number of amides is 1. The number of benzene rings is 3. The first-order chi connectivity index (χ1) is 17.2. The first kappa shape index (κ1) is 26.6. The molecule has 1 amide bonds. The number of aromatic nitrogens is 1. The molecular weight excluding hydrogens is 513 g/mol. The fraction of sp³-hybridized carbons (Fsp3) is 0.286. The maximum atomic E-state index is 13.9. The molecular formula is C28H29Cl2N3O2S. The van der Waals surface area contributed by atoms with Crippen molar-refractivity contribution in [3.63, 3.8) is 0 Å². The molecule has 1 fully saturated rings. The van der Waals surface area contributed by atoms with Gasteiger partial charge in [-0.2, -0.15) is 0 Å². The predicted octanol–water partition coefficient (Wildman–Crippen LogP) is 6.26. The van der Waals surface area contributed by atoms with Gasteiger partial charge in [0.2, 0.25) is 5.91 Å². The van der Waals surface area contributed by atoms with E-state index in [-0.39, 0.29) is 24.2 Å². The highest BCUT2D eigenvalue weighted by Gasteiger charge is 2.26. The van der Waals surface area contributed by atoms with Crippen molar-refractivity contribution in [2.75, 3.05) is 44.3 Å². The van der Waals surface area contributed by atoms with Crippen LogP contribution in [0, 0.1) is 0 Å². The molecule has 188 valence electrons. The third kappa shape index (κ3) is 6.44. The third-order valence-electron chi connectivity index (χ3n) is 6.40. The molecule has 1 aromatic heterocycles. The lowest BCUT2D eigenvalue weighted by molar-refractivity contribution is -0.118. The van der Waals surface area contributed by atoms with E-state index in [1.165, 1.54) is 11.3 Å². The number of anilines is 1. The Balaban J connectivity index is 0.00000304. The number of thiazole rings is 1. The number of carbonyl (C=O) groups is 1. The first-order valence-electron chi connectivity index (χ1n) is 11.9. The number of hydrogen-bond acceptors (Lipinski definition) is 5. The van der Waals surface area contributed by atoms with E-state index < -0.39 is 0 Å². The number of nitrogens with zero attached hydrogens (tertiary/aromatic N) is 3. The third-order valence-corrected chi connectivity index (χ3v) is 7.67. The van der Waals surface area contributed by atoms with Crippen LogP contribution < -0.4 is 4.90 Å². The van der Waals surface area contributed by atoms with Crippen LogP contribution >= 0.6 is 35.3 Å². The van der Waals surface area contributed by atoms with Crippen LogP contribution in [-0.2, 0) is 9.53 Å². The second-order valence-electron chi connectivity index (χ2n) is 8.69. The minimum atomic E-state index is -0.0281. The van der Waals surface area contributed by atoms with Gasteiger partial charge in [0.05, 0.1) is 23.4 Å². The normalized spacial score (nSPS) is 14.1. The number of rotatable bonds is 8. The zero-order valence-electron chi connectivity index (χ0n) is 19.9. The van der Waals surface area contributed by atoms with Crippen LogP contribution in [0.5, 0.6) is 0 Å². The average molecular weight is 543 g/mol. The summed E-state index contributed by atoms with van der Waals surface area (Å²) in [5.74, 6) is 0.0423. The summed E-state index contributed by atoms with van der Waals surface area (Å²) in [6.45, 7) is 4.60. The molecule has 0 N–H and O–H groups in total. The van der Waals surface area contributed by atoms with E-state index in [9.17, 15) is 4.79 Å². The number of halogens is 2. The smallest absolute Gasteiger partial charge is 0.229 e. The van der Waals surface area contributed by atoms with Gasteiger partial charge in [-0.15, -0.1) is 12.4 Å². The highest BCUT2D eigenvalue weighted by atomic mass is 35.5. The summed E-state index contributed by atoms with van der Waals surface area (Å²) in [5.41, 5.74) is 3.13. The number of hydrogen-bond donors (Lipinski definition) is 0. The highest BCUT2D eigenvalue weighted by Crippen LogP contribution is 2.33. The van der Waals surface area contributed by atoms with Gasteiger partial charge in [-0.25, -0.2) is 4.98 Å². The molecule has 5 rings (SSSR count). The summed E-state index contributed by atoms with van der Waals surface area (Å²) in [4.78, 5) is 23.0. The largest absolute Gasteiger partial charge is 0.379 e. The second-order valence-corrected chi connectivity index (χ2v) is 10.1. The molecule has 0 bridgehead atoms. The molecule has 8 heteroatoms. The maximum Gasteiger partial charge on any atom is 0.229 e. The molecule has 1 saturated heterocycles. The topological polar surface area (TPSA) is 45.7 Å².